The first-order chi connectivity index (χ1) is 22.2. The highest BCUT2D eigenvalue weighted by Gasteiger charge is 2.22. The molecule has 6 aromatic carbocycles. The van der Waals surface area contributed by atoms with Gasteiger partial charge in [-0.05, 0) is 65.6 Å². The van der Waals surface area contributed by atoms with Crippen LogP contribution in [0.4, 0.5) is 0 Å². The molecule has 3 aromatic heterocycles. The summed E-state index contributed by atoms with van der Waals surface area (Å²) in [6.45, 7) is 2.02. The molecule has 0 N–H and O–H groups in total. The number of hydrogen-bond donors (Lipinski definition) is 0. The Morgan fingerprint density at radius 2 is 1.00 bits per heavy atom. The van der Waals surface area contributed by atoms with Crippen molar-refractivity contribution in [3.63, 3.8) is 0 Å². The highest BCUT2D eigenvalue weighted by molar-refractivity contribution is 6.24. The minimum absolute atomic E-state index is 0.694. The Balaban J connectivity index is 1.38. The van der Waals surface area contributed by atoms with Crippen LogP contribution in [0.2, 0.25) is 0 Å². The smallest absolute Gasteiger partial charge is 0.179 e. The van der Waals surface area contributed by atoms with E-state index in [-0.39, 0.29) is 0 Å². The fourth-order valence-corrected chi connectivity index (χ4v) is 6.42. The molecule has 0 spiro atoms. The maximum atomic E-state index is 6.67. The zero-order valence-corrected chi connectivity index (χ0v) is 24.5. The van der Waals surface area contributed by atoms with Gasteiger partial charge in [0, 0.05) is 38.4 Å². The van der Waals surface area contributed by atoms with Gasteiger partial charge in [0.1, 0.15) is 11.2 Å². The van der Waals surface area contributed by atoms with Crippen LogP contribution >= 0.6 is 0 Å². The molecule has 9 aromatic rings. The van der Waals surface area contributed by atoms with Crippen molar-refractivity contribution in [3.8, 4) is 44.9 Å². The zero-order chi connectivity index (χ0) is 29.9. The van der Waals surface area contributed by atoms with Gasteiger partial charge < -0.3 is 8.83 Å². The number of furan rings is 2. The largest absolute Gasteiger partial charge is 0.452 e. The lowest BCUT2D eigenvalue weighted by Gasteiger charge is -2.09. The summed E-state index contributed by atoms with van der Waals surface area (Å²) in [6, 6.07) is 48.0. The molecular weight excluding hydrogens is 552 g/mol. The highest BCUT2D eigenvalue weighted by Crippen LogP contribution is 2.45. The molecular formula is C41H26N2O2. The van der Waals surface area contributed by atoms with Crippen molar-refractivity contribution in [1.29, 1.82) is 0 Å². The molecule has 0 aliphatic carbocycles. The van der Waals surface area contributed by atoms with E-state index in [1.54, 1.807) is 0 Å². The van der Waals surface area contributed by atoms with Crippen LogP contribution in [0, 0.1) is 6.92 Å². The minimum atomic E-state index is 0.694. The molecule has 0 aliphatic rings. The van der Waals surface area contributed by atoms with Gasteiger partial charge in [-0.3, -0.25) is 0 Å². The summed E-state index contributed by atoms with van der Waals surface area (Å²) in [4.78, 5) is 9.95. The molecule has 9 rings (SSSR count). The monoisotopic (exact) mass is 578 g/mol. The van der Waals surface area contributed by atoms with Crippen molar-refractivity contribution < 1.29 is 8.83 Å². The molecule has 4 nitrogen and oxygen atoms in total. The van der Waals surface area contributed by atoms with E-state index < -0.39 is 0 Å². The molecule has 0 fully saturated rings. The summed E-state index contributed by atoms with van der Waals surface area (Å²) in [7, 11) is 0. The number of benzene rings is 6. The van der Waals surface area contributed by atoms with Crippen LogP contribution in [-0.4, -0.2) is 9.97 Å². The van der Waals surface area contributed by atoms with E-state index in [0.29, 0.717) is 5.82 Å². The Morgan fingerprint density at radius 1 is 0.444 bits per heavy atom. The third-order valence-corrected chi connectivity index (χ3v) is 8.56. The Bertz CT molecular complexity index is 2530. The van der Waals surface area contributed by atoms with Crippen molar-refractivity contribution in [1.82, 2.24) is 9.97 Å². The SMILES string of the molecule is Cc1cc(-c2cc3c4cc(-c5ccccc5)ccc4oc3c3oc4ccc(-c5ccccc5)cc4c23)nc(-c2ccccc2)n1. The number of hydrogen-bond acceptors (Lipinski definition) is 4. The van der Waals surface area contributed by atoms with Crippen molar-refractivity contribution in [2.24, 2.45) is 0 Å². The zero-order valence-electron chi connectivity index (χ0n) is 24.5. The van der Waals surface area contributed by atoms with Gasteiger partial charge in [0.15, 0.2) is 17.0 Å². The van der Waals surface area contributed by atoms with Crippen LogP contribution in [0.25, 0.3) is 88.8 Å². The van der Waals surface area contributed by atoms with Gasteiger partial charge in [-0.2, -0.15) is 0 Å². The van der Waals surface area contributed by atoms with Gasteiger partial charge in [-0.1, -0.05) is 103 Å². The van der Waals surface area contributed by atoms with Crippen LogP contribution in [0.3, 0.4) is 0 Å². The molecule has 45 heavy (non-hydrogen) atoms. The molecule has 4 heteroatoms. The van der Waals surface area contributed by atoms with Gasteiger partial charge >= 0.3 is 0 Å². The summed E-state index contributed by atoms with van der Waals surface area (Å²) in [5.41, 5.74) is 11.3. The van der Waals surface area contributed by atoms with Gasteiger partial charge in [0.25, 0.3) is 0 Å². The summed E-state index contributed by atoms with van der Waals surface area (Å²) >= 11 is 0. The van der Waals surface area contributed by atoms with Crippen molar-refractivity contribution >= 4 is 43.9 Å². The number of aromatic nitrogens is 2. The van der Waals surface area contributed by atoms with Gasteiger partial charge in [0.2, 0.25) is 0 Å². The fraction of sp³-hybridized carbons (Fsp3) is 0.0244. The molecule has 0 amide bonds. The average Bonchev–Trinajstić information content (AvgIpc) is 3.67. The van der Waals surface area contributed by atoms with Crippen LogP contribution in [0.15, 0.2) is 148 Å². The molecule has 0 radical (unpaired) electrons. The minimum Gasteiger partial charge on any atom is -0.452 e. The molecule has 0 unspecified atom stereocenters. The summed E-state index contributed by atoms with van der Waals surface area (Å²) in [5.74, 6) is 0.694. The van der Waals surface area contributed by atoms with Gasteiger partial charge in [-0.15, -0.1) is 0 Å². The average molecular weight is 579 g/mol. The Hall–Kier alpha value is -6.00. The van der Waals surface area contributed by atoms with Crippen molar-refractivity contribution in [2.75, 3.05) is 0 Å². The van der Waals surface area contributed by atoms with Crippen LogP contribution in [-0.2, 0) is 0 Å². The van der Waals surface area contributed by atoms with E-state index in [4.69, 9.17) is 18.8 Å². The summed E-state index contributed by atoms with van der Waals surface area (Å²) < 4.78 is 13.3. The van der Waals surface area contributed by atoms with E-state index in [1.807, 2.05) is 49.4 Å². The summed E-state index contributed by atoms with van der Waals surface area (Å²) in [5, 5.41) is 4.03. The molecule has 0 bridgehead atoms. The van der Waals surface area contributed by atoms with Crippen LogP contribution in [0.1, 0.15) is 5.69 Å². The standard InChI is InChI=1S/C41H26N2O2/c1-25-21-35(43-41(42-25)28-15-9-4-10-16-28)33-24-32-31-22-29(26-11-5-2-6-12-26)17-19-36(31)44-39(32)40-38(33)34-23-30(18-20-37(34)45-40)27-13-7-3-8-14-27/h2-24H,1H3. The second kappa shape index (κ2) is 10.0. The van der Waals surface area contributed by atoms with E-state index in [2.05, 4.69) is 97.1 Å². The molecule has 212 valence electrons. The maximum Gasteiger partial charge on any atom is 0.179 e. The highest BCUT2D eigenvalue weighted by atomic mass is 16.4. The van der Waals surface area contributed by atoms with E-state index in [0.717, 1.165) is 88.6 Å². The lowest BCUT2D eigenvalue weighted by atomic mass is 9.97. The predicted octanol–water partition coefficient (Wildman–Crippen LogP) is 11.3. The predicted molar refractivity (Wildman–Crippen MR) is 183 cm³/mol. The van der Waals surface area contributed by atoms with Gasteiger partial charge in [0.05, 0.1) is 5.69 Å². The Kier molecular flexibility index (Phi) is 5.69. The molecule has 3 heterocycles. The van der Waals surface area contributed by atoms with Crippen molar-refractivity contribution in [3.05, 3.63) is 145 Å². The number of aryl methyl sites for hydroxylation is 1. The fourth-order valence-electron chi connectivity index (χ4n) is 6.42. The van der Waals surface area contributed by atoms with E-state index in [1.165, 1.54) is 0 Å². The lowest BCUT2D eigenvalue weighted by Crippen LogP contribution is -1.95. The lowest BCUT2D eigenvalue weighted by molar-refractivity contribution is 0.633. The third-order valence-electron chi connectivity index (χ3n) is 8.56. The van der Waals surface area contributed by atoms with E-state index >= 15 is 0 Å². The quantitative estimate of drug-likeness (QED) is 0.208. The first-order valence-corrected chi connectivity index (χ1v) is 15.1. The Morgan fingerprint density at radius 3 is 1.64 bits per heavy atom. The van der Waals surface area contributed by atoms with Crippen LogP contribution in [0.5, 0.6) is 0 Å². The normalized spacial score (nSPS) is 11.7. The number of fused-ring (bicyclic) bond motifs is 7. The van der Waals surface area contributed by atoms with E-state index in [9.17, 15) is 0 Å². The van der Waals surface area contributed by atoms with Gasteiger partial charge in [-0.25, -0.2) is 9.97 Å². The number of nitrogens with zero attached hydrogens (tertiary/aromatic N) is 2. The second-order valence-corrected chi connectivity index (χ2v) is 11.4. The van der Waals surface area contributed by atoms with Crippen molar-refractivity contribution in [2.45, 2.75) is 6.92 Å². The first-order valence-electron chi connectivity index (χ1n) is 15.1. The second-order valence-electron chi connectivity index (χ2n) is 11.4. The topological polar surface area (TPSA) is 52.1 Å². The Labute approximate surface area is 259 Å². The molecule has 0 aliphatic heterocycles. The third kappa shape index (κ3) is 4.22. The summed E-state index contributed by atoms with van der Waals surface area (Å²) in [6.07, 6.45) is 0. The first kappa shape index (κ1) is 25.5. The maximum absolute atomic E-state index is 6.67. The molecule has 0 saturated carbocycles. The number of rotatable bonds is 4. The van der Waals surface area contributed by atoms with Crippen LogP contribution < -0.4 is 0 Å². The molecule has 0 atom stereocenters. The molecule has 0 saturated heterocycles.